The molecule has 0 radical (unpaired) electrons. The SMILES string of the molecule is Cc1nnc(N2CCCC(C=O)C2)c2ccccc12. The number of aldehydes is 1. The normalized spacial score (nSPS) is 19.6. The second kappa shape index (κ2) is 4.96. The summed E-state index contributed by atoms with van der Waals surface area (Å²) >= 11 is 0. The smallest absolute Gasteiger partial charge is 0.159 e. The summed E-state index contributed by atoms with van der Waals surface area (Å²) in [6.07, 6.45) is 3.08. The first kappa shape index (κ1) is 12.1. The van der Waals surface area contributed by atoms with Crippen molar-refractivity contribution in [3.05, 3.63) is 30.0 Å². The predicted molar refractivity (Wildman–Crippen MR) is 75.3 cm³/mol. The Bertz CT molecular complexity index is 611. The summed E-state index contributed by atoms with van der Waals surface area (Å²) in [6.45, 7) is 3.68. The van der Waals surface area contributed by atoms with E-state index in [4.69, 9.17) is 0 Å². The molecule has 1 aliphatic rings. The number of benzene rings is 1. The molecule has 0 spiro atoms. The molecule has 1 fully saturated rings. The van der Waals surface area contributed by atoms with Crippen molar-refractivity contribution >= 4 is 22.9 Å². The second-order valence-corrected chi connectivity index (χ2v) is 5.14. The van der Waals surface area contributed by atoms with Crippen molar-refractivity contribution in [1.29, 1.82) is 0 Å². The van der Waals surface area contributed by atoms with Crippen LogP contribution in [-0.2, 0) is 4.79 Å². The third-order valence-electron chi connectivity index (χ3n) is 3.80. The molecule has 2 heterocycles. The minimum Gasteiger partial charge on any atom is -0.354 e. The maximum absolute atomic E-state index is 11.0. The molecule has 0 amide bonds. The number of nitrogens with zero attached hydrogens (tertiary/aromatic N) is 3. The van der Waals surface area contributed by atoms with E-state index in [0.29, 0.717) is 0 Å². The molecule has 4 heteroatoms. The molecule has 0 aliphatic carbocycles. The standard InChI is InChI=1S/C15H17N3O/c1-11-13-6-2-3-7-14(13)15(17-16-11)18-8-4-5-12(9-18)10-19/h2-3,6-7,10,12H,4-5,8-9H2,1H3. The van der Waals surface area contributed by atoms with Crippen molar-refractivity contribution in [2.24, 2.45) is 5.92 Å². The number of fused-ring (bicyclic) bond motifs is 1. The summed E-state index contributed by atoms with van der Waals surface area (Å²) in [5, 5.41) is 10.9. The van der Waals surface area contributed by atoms with Crippen molar-refractivity contribution in [2.45, 2.75) is 19.8 Å². The molecular formula is C15H17N3O. The highest BCUT2D eigenvalue weighted by Crippen LogP contribution is 2.28. The average molecular weight is 255 g/mol. The van der Waals surface area contributed by atoms with Crippen LogP contribution in [-0.4, -0.2) is 29.6 Å². The van der Waals surface area contributed by atoms with Gasteiger partial charge < -0.3 is 9.69 Å². The Balaban J connectivity index is 2.05. The van der Waals surface area contributed by atoms with Crippen LogP contribution in [0.15, 0.2) is 24.3 Å². The van der Waals surface area contributed by atoms with Gasteiger partial charge in [-0.25, -0.2) is 0 Å². The zero-order chi connectivity index (χ0) is 13.2. The number of anilines is 1. The van der Waals surface area contributed by atoms with Gasteiger partial charge >= 0.3 is 0 Å². The summed E-state index contributed by atoms with van der Waals surface area (Å²) in [7, 11) is 0. The van der Waals surface area contributed by atoms with E-state index in [2.05, 4.69) is 27.2 Å². The molecule has 0 saturated carbocycles. The second-order valence-electron chi connectivity index (χ2n) is 5.14. The number of carbonyl (C=O) groups excluding carboxylic acids is 1. The van der Waals surface area contributed by atoms with Crippen LogP contribution in [0.3, 0.4) is 0 Å². The quantitative estimate of drug-likeness (QED) is 0.773. The summed E-state index contributed by atoms with van der Waals surface area (Å²) in [6, 6.07) is 8.19. The predicted octanol–water partition coefficient (Wildman–Crippen LogP) is 2.35. The Hall–Kier alpha value is -1.97. The third kappa shape index (κ3) is 2.18. The molecule has 4 nitrogen and oxygen atoms in total. The Morgan fingerprint density at radius 3 is 2.84 bits per heavy atom. The first-order chi connectivity index (χ1) is 9.29. The first-order valence-corrected chi connectivity index (χ1v) is 6.72. The number of piperidine rings is 1. The molecule has 0 N–H and O–H groups in total. The molecule has 2 aromatic rings. The molecule has 98 valence electrons. The van der Waals surface area contributed by atoms with Gasteiger partial charge in [0.05, 0.1) is 5.69 Å². The van der Waals surface area contributed by atoms with Crippen LogP contribution >= 0.6 is 0 Å². The lowest BCUT2D eigenvalue weighted by Gasteiger charge is -2.31. The maximum Gasteiger partial charge on any atom is 0.159 e. The maximum atomic E-state index is 11.0. The van der Waals surface area contributed by atoms with Gasteiger partial charge in [-0.1, -0.05) is 24.3 Å². The van der Waals surface area contributed by atoms with Crippen LogP contribution in [0, 0.1) is 12.8 Å². The number of hydrogen-bond acceptors (Lipinski definition) is 4. The molecule has 1 atom stereocenters. The molecule has 1 aliphatic heterocycles. The molecule has 1 aromatic heterocycles. The Morgan fingerprint density at radius 1 is 1.26 bits per heavy atom. The molecule has 3 rings (SSSR count). The lowest BCUT2D eigenvalue weighted by molar-refractivity contribution is -0.111. The molecule has 19 heavy (non-hydrogen) atoms. The van der Waals surface area contributed by atoms with E-state index in [0.717, 1.165) is 54.5 Å². The van der Waals surface area contributed by atoms with Gasteiger partial charge in [-0.3, -0.25) is 0 Å². The first-order valence-electron chi connectivity index (χ1n) is 6.72. The highest BCUT2D eigenvalue weighted by atomic mass is 16.1. The summed E-state index contributed by atoms with van der Waals surface area (Å²) < 4.78 is 0. The van der Waals surface area contributed by atoms with Gasteiger partial charge in [0.15, 0.2) is 5.82 Å². The number of rotatable bonds is 2. The monoisotopic (exact) mass is 255 g/mol. The fourth-order valence-corrected chi connectivity index (χ4v) is 2.77. The van der Waals surface area contributed by atoms with Gasteiger partial charge in [0.1, 0.15) is 6.29 Å². The summed E-state index contributed by atoms with van der Waals surface area (Å²) in [4.78, 5) is 13.2. The van der Waals surface area contributed by atoms with Gasteiger partial charge in [0.25, 0.3) is 0 Å². The average Bonchev–Trinajstić information content (AvgIpc) is 2.48. The minimum absolute atomic E-state index is 0.121. The van der Waals surface area contributed by atoms with Gasteiger partial charge in [-0.2, -0.15) is 5.10 Å². The number of hydrogen-bond donors (Lipinski definition) is 0. The fraction of sp³-hybridized carbons (Fsp3) is 0.400. The highest BCUT2D eigenvalue weighted by Gasteiger charge is 2.22. The van der Waals surface area contributed by atoms with Gasteiger partial charge in [-0.15, -0.1) is 5.10 Å². The Kier molecular flexibility index (Phi) is 3.15. The number of aryl methyl sites for hydroxylation is 1. The Labute approximate surface area is 112 Å². The van der Waals surface area contributed by atoms with E-state index in [1.54, 1.807) is 0 Å². The third-order valence-corrected chi connectivity index (χ3v) is 3.80. The van der Waals surface area contributed by atoms with Crippen molar-refractivity contribution in [1.82, 2.24) is 10.2 Å². The minimum atomic E-state index is 0.121. The fourth-order valence-electron chi connectivity index (χ4n) is 2.77. The largest absolute Gasteiger partial charge is 0.354 e. The molecule has 1 unspecified atom stereocenters. The van der Waals surface area contributed by atoms with E-state index in [1.165, 1.54) is 0 Å². The van der Waals surface area contributed by atoms with Crippen molar-refractivity contribution in [3.8, 4) is 0 Å². The number of aromatic nitrogens is 2. The van der Waals surface area contributed by atoms with E-state index < -0.39 is 0 Å². The number of carbonyl (C=O) groups is 1. The van der Waals surface area contributed by atoms with Gasteiger partial charge in [0, 0.05) is 29.8 Å². The lowest BCUT2D eigenvalue weighted by Crippen LogP contribution is -2.36. The van der Waals surface area contributed by atoms with Crippen LogP contribution in [0.1, 0.15) is 18.5 Å². The topological polar surface area (TPSA) is 46.1 Å². The van der Waals surface area contributed by atoms with Gasteiger partial charge in [-0.05, 0) is 19.8 Å². The highest BCUT2D eigenvalue weighted by molar-refractivity contribution is 5.93. The molecule has 0 bridgehead atoms. The molecule has 1 saturated heterocycles. The van der Waals surface area contributed by atoms with Crippen molar-refractivity contribution < 1.29 is 4.79 Å². The van der Waals surface area contributed by atoms with Crippen LogP contribution in [0.4, 0.5) is 5.82 Å². The molecular weight excluding hydrogens is 238 g/mol. The van der Waals surface area contributed by atoms with E-state index in [1.807, 2.05) is 19.1 Å². The van der Waals surface area contributed by atoms with E-state index >= 15 is 0 Å². The molecule has 1 aromatic carbocycles. The summed E-state index contributed by atoms with van der Waals surface area (Å²) in [5.74, 6) is 1.03. The van der Waals surface area contributed by atoms with Gasteiger partial charge in [0.2, 0.25) is 0 Å². The van der Waals surface area contributed by atoms with E-state index in [-0.39, 0.29) is 5.92 Å². The van der Waals surface area contributed by atoms with E-state index in [9.17, 15) is 4.79 Å². The van der Waals surface area contributed by atoms with Crippen molar-refractivity contribution in [2.75, 3.05) is 18.0 Å². The van der Waals surface area contributed by atoms with Crippen molar-refractivity contribution in [3.63, 3.8) is 0 Å². The lowest BCUT2D eigenvalue weighted by atomic mass is 9.99. The zero-order valence-electron chi connectivity index (χ0n) is 11.0. The van der Waals surface area contributed by atoms with Crippen LogP contribution in [0.5, 0.6) is 0 Å². The Morgan fingerprint density at radius 2 is 2.05 bits per heavy atom. The van der Waals surface area contributed by atoms with Crippen LogP contribution in [0.25, 0.3) is 10.8 Å². The van der Waals surface area contributed by atoms with Crippen LogP contribution < -0.4 is 4.90 Å². The summed E-state index contributed by atoms with van der Waals surface area (Å²) in [5.41, 5.74) is 0.947. The zero-order valence-corrected chi connectivity index (χ0v) is 11.0. The van der Waals surface area contributed by atoms with Crippen LogP contribution in [0.2, 0.25) is 0 Å².